The molecule has 0 heterocycles. The van der Waals surface area contributed by atoms with E-state index in [1.54, 1.807) is 0 Å². The predicted molar refractivity (Wildman–Crippen MR) is 57.5 cm³/mol. The molecule has 2 heteroatoms. The molecule has 0 amide bonds. The Hall–Kier alpha value is -1.31. The lowest BCUT2D eigenvalue weighted by molar-refractivity contribution is 0.734. The Labute approximate surface area is 79.5 Å². The van der Waals surface area contributed by atoms with Crippen LogP contribution in [0.15, 0.2) is 29.3 Å². The molecular formula is C11H16N2. The largest absolute Gasteiger partial charge is 0.390 e. The Morgan fingerprint density at radius 2 is 2.15 bits per heavy atom. The Kier molecular flexibility index (Phi) is 3.50. The molecule has 0 fully saturated rings. The standard InChI is InChI=1S/C11H16N2/c1-3-9(2)10-6-4-5-7-11(10)13-8-12/h4-9H,3H2,1-2H3,(H2,12,13). The fraction of sp³-hybridized carbons (Fsp3) is 0.364. The highest BCUT2D eigenvalue weighted by molar-refractivity contribution is 5.61. The van der Waals surface area contributed by atoms with Gasteiger partial charge in [-0.15, -0.1) is 0 Å². The SMILES string of the molecule is CCC(C)c1ccccc1N=CN. The summed E-state index contributed by atoms with van der Waals surface area (Å²) < 4.78 is 0. The molecule has 0 aliphatic heterocycles. The van der Waals surface area contributed by atoms with Crippen molar-refractivity contribution in [1.82, 2.24) is 0 Å². The quantitative estimate of drug-likeness (QED) is 0.558. The molecule has 0 spiro atoms. The average molecular weight is 176 g/mol. The smallest absolute Gasteiger partial charge is 0.0860 e. The van der Waals surface area contributed by atoms with Crippen molar-refractivity contribution in [3.8, 4) is 0 Å². The molecule has 2 nitrogen and oxygen atoms in total. The zero-order valence-corrected chi connectivity index (χ0v) is 8.20. The van der Waals surface area contributed by atoms with Gasteiger partial charge in [-0.1, -0.05) is 32.0 Å². The molecule has 2 N–H and O–H groups in total. The second-order valence-electron chi connectivity index (χ2n) is 3.15. The fourth-order valence-corrected chi connectivity index (χ4v) is 1.32. The number of nitrogens with two attached hydrogens (primary N) is 1. The lowest BCUT2D eigenvalue weighted by atomic mass is 9.97. The number of para-hydroxylation sites is 1. The summed E-state index contributed by atoms with van der Waals surface area (Å²) in [6.45, 7) is 4.37. The minimum atomic E-state index is 0.542. The molecular weight excluding hydrogens is 160 g/mol. The van der Waals surface area contributed by atoms with Crippen LogP contribution in [-0.2, 0) is 0 Å². The Bertz CT molecular complexity index is 292. The van der Waals surface area contributed by atoms with Gasteiger partial charge in [-0.3, -0.25) is 0 Å². The molecule has 1 aromatic rings. The zero-order chi connectivity index (χ0) is 9.68. The van der Waals surface area contributed by atoms with Crippen molar-refractivity contribution in [1.29, 1.82) is 0 Å². The summed E-state index contributed by atoms with van der Waals surface area (Å²) in [6, 6.07) is 8.12. The van der Waals surface area contributed by atoms with Crippen molar-refractivity contribution >= 4 is 12.0 Å². The van der Waals surface area contributed by atoms with Crippen LogP contribution in [0, 0.1) is 0 Å². The van der Waals surface area contributed by atoms with E-state index in [0.29, 0.717) is 5.92 Å². The van der Waals surface area contributed by atoms with Crippen LogP contribution in [-0.4, -0.2) is 6.34 Å². The summed E-state index contributed by atoms with van der Waals surface area (Å²) in [6.07, 6.45) is 2.47. The summed E-state index contributed by atoms with van der Waals surface area (Å²) in [4.78, 5) is 4.13. The van der Waals surface area contributed by atoms with Crippen LogP contribution in [0.4, 0.5) is 5.69 Å². The van der Waals surface area contributed by atoms with Crippen LogP contribution in [0.25, 0.3) is 0 Å². The van der Waals surface area contributed by atoms with Crippen molar-refractivity contribution in [2.45, 2.75) is 26.2 Å². The second-order valence-corrected chi connectivity index (χ2v) is 3.15. The van der Waals surface area contributed by atoms with E-state index in [-0.39, 0.29) is 0 Å². The summed E-state index contributed by atoms with van der Waals surface area (Å²) in [5.74, 6) is 0.542. The first-order valence-electron chi connectivity index (χ1n) is 4.62. The van der Waals surface area contributed by atoms with Gasteiger partial charge in [0.2, 0.25) is 0 Å². The minimum absolute atomic E-state index is 0.542. The number of rotatable bonds is 3. The van der Waals surface area contributed by atoms with Crippen molar-refractivity contribution < 1.29 is 0 Å². The van der Waals surface area contributed by atoms with E-state index < -0.39 is 0 Å². The maximum absolute atomic E-state index is 5.28. The molecule has 0 bridgehead atoms. The molecule has 0 saturated heterocycles. The topological polar surface area (TPSA) is 38.4 Å². The van der Waals surface area contributed by atoms with Crippen LogP contribution in [0.5, 0.6) is 0 Å². The van der Waals surface area contributed by atoms with Gasteiger partial charge < -0.3 is 5.73 Å². The summed E-state index contributed by atoms with van der Waals surface area (Å²) in [7, 11) is 0. The van der Waals surface area contributed by atoms with E-state index in [9.17, 15) is 0 Å². The first-order chi connectivity index (χ1) is 6.29. The van der Waals surface area contributed by atoms with E-state index >= 15 is 0 Å². The van der Waals surface area contributed by atoms with Crippen molar-refractivity contribution in [3.05, 3.63) is 29.8 Å². The molecule has 0 aliphatic rings. The summed E-state index contributed by atoms with van der Waals surface area (Å²) in [5, 5.41) is 0. The Morgan fingerprint density at radius 3 is 2.77 bits per heavy atom. The highest BCUT2D eigenvalue weighted by Gasteiger charge is 2.06. The van der Waals surface area contributed by atoms with Crippen LogP contribution >= 0.6 is 0 Å². The Balaban J connectivity index is 3.04. The number of hydrogen-bond acceptors (Lipinski definition) is 1. The van der Waals surface area contributed by atoms with Gasteiger partial charge in [0.1, 0.15) is 0 Å². The normalized spacial score (nSPS) is 13.4. The average Bonchev–Trinajstić information content (AvgIpc) is 2.18. The van der Waals surface area contributed by atoms with E-state index in [1.165, 1.54) is 11.9 Å². The third-order valence-electron chi connectivity index (χ3n) is 2.29. The van der Waals surface area contributed by atoms with Gasteiger partial charge in [0, 0.05) is 0 Å². The fourth-order valence-electron chi connectivity index (χ4n) is 1.32. The van der Waals surface area contributed by atoms with Crippen LogP contribution < -0.4 is 5.73 Å². The van der Waals surface area contributed by atoms with Crippen LogP contribution in [0.3, 0.4) is 0 Å². The first-order valence-corrected chi connectivity index (χ1v) is 4.62. The molecule has 0 aromatic heterocycles. The molecule has 1 aromatic carbocycles. The van der Waals surface area contributed by atoms with Crippen molar-refractivity contribution in [2.75, 3.05) is 0 Å². The lowest BCUT2D eigenvalue weighted by Crippen LogP contribution is -1.93. The molecule has 1 unspecified atom stereocenters. The highest BCUT2D eigenvalue weighted by Crippen LogP contribution is 2.27. The predicted octanol–water partition coefficient (Wildman–Crippen LogP) is 2.82. The van der Waals surface area contributed by atoms with Crippen molar-refractivity contribution in [3.63, 3.8) is 0 Å². The van der Waals surface area contributed by atoms with E-state index in [4.69, 9.17) is 5.73 Å². The van der Waals surface area contributed by atoms with Gasteiger partial charge in [0.25, 0.3) is 0 Å². The van der Waals surface area contributed by atoms with E-state index in [1.807, 2.05) is 18.2 Å². The van der Waals surface area contributed by atoms with Gasteiger partial charge in [-0.05, 0) is 24.0 Å². The third-order valence-corrected chi connectivity index (χ3v) is 2.29. The van der Waals surface area contributed by atoms with E-state index in [0.717, 1.165) is 12.1 Å². The highest BCUT2D eigenvalue weighted by atomic mass is 14.8. The van der Waals surface area contributed by atoms with Gasteiger partial charge in [-0.25, -0.2) is 4.99 Å². The Morgan fingerprint density at radius 1 is 1.46 bits per heavy atom. The van der Waals surface area contributed by atoms with Gasteiger partial charge >= 0.3 is 0 Å². The minimum Gasteiger partial charge on any atom is -0.390 e. The first kappa shape index (κ1) is 9.78. The molecule has 0 aliphatic carbocycles. The maximum Gasteiger partial charge on any atom is 0.0860 e. The van der Waals surface area contributed by atoms with Crippen LogP contribution in [0.2, 0.25) is 0 Å². The van der Waals surface area contributed by atoms with E-state index in [2.05, 4.69) is 24.9 Å². The monoisotopic (exact) mass is 176 g/mol. The van der Waals surface area contributed by atoms with Gasteiger partial charge in [0.05, 0.1) is 12.0 Å². The van der Waals surface area contributed by atoms with Gasteiger partial charge in [0.15, 0.2) is 0 Å². The zero-order valence-electron chi connectivity index (χ0n) is 8.20. The maximum atomic E-state index is 5.28. The number of benzene rings is 1. The molecule has 13 heavy (non-hydrogen) atoms. The third kappa shape index (κ3) is 2.31. The summed E-state index contributed by atoms with van der Waals surface area (Å²) >= 11 is 0. The molecule has 0 saturated carbocycles. The number of aliphatic imine (C=N–C) groups is 1. The van der Waals surface area contributed by atoms with Crippen LogP contribution in [0.1, 0.15) is 31.7 Å². The van der Waals surface area contributed by atoms with Crippen molar-refractivity contribution in [2.24, 2.45) is 10.7 Å². The molecule has 70 valence electrons. The number of hydrogen-bond donors (Lipinski definition) is 1. The molecule has 1 rings (SSSR count). The molecule has 1 atom stereocenters. The second kappa shape index (κ2) is 4.65. The molecule has 0 radical (unpaired) electrons. The lowest BCUT2D eigenvalue weighted by Gasteiger charge is -2.11. The summed E-state index contributed by atoms with van der Waals surface area (Å²) in [5.41, 5.74) is 7.53. The number of nitrogens with zero attached hydrogens (tertiary/aromatic N) is 1. The van der Waals surface area contributed by atoms with Gasteiger partial charge in [-0.2, -0.15) is 0 Å².